The van der Waals surface area contributed by atoms with Gasteiger partial charge in [0, 0.05) is 20.2 Å². The molecule has 0 aliphatic carbocycles. The van der Waals surface area contributed by atoms with E-state index in [0.29, 0.717) is 0 Å². The van der Waals surface area contributed by atoms with Crippen molar-refractivity contribution in [2.45, 2.75) is 0 Å². The van der Waals surface area contributed by atoms with Gasteiger partial charge < -0.3 is 0 Å². The van der Waals surface area contributed by atoms with E-state index in [0.717, 1.165) is 0 Å². The molecule has 0 aliphatic rings. The van der Waals surface area contributed by atoms with Gasteiger partial charge in [-0.2, -0.15) is 0 Å². The third kappa shape index (κ3) is 5.67. The summed E-state index contributed by atoms with van der Waals surface area (Å²) in [6.07, 6.45) is 0. The van der Waals surface area contributed by atoms with Gasteiger partial charge in [-0.15, -0.1) is 11.3 Å². The average Bonchev–Trinajstić information content (AvgIpc) is 3.62. The van der Waals surface area contributed by atoms with Crippen LogP contribution in [0.2, 0.25) is 0 Å². The molecular weight excluding hydrogens is 737 g/mol. The van der Waals surface area contributed by atoms with Gasteiger partial charge in [-0.25, -0.2) is 0 Å². The Bertz CT molecular complexity index is 3000. The smallest absolute Gasteiger partial charge is 0.0361 e. The molecule has 11 aromatic rings. The van der Waals surface area contributed by atoms with Crippen LogP contribution >= 0.6 is 11.3 Å². The van der Waals surface area contributed by atoms with Crippen LogP contribution in [-0.4, -0.2) is 0 Å². The molecule has 0 saturated heterocycles. The minimum Gasteiger partial charge on any atom is -0.135 e. The molecule has 262 valence electrons. The quantitative estimate of drug-likeness (QED) is 0.132. The summed E-state index contributed by atoms with van der Waals surface area (Å²) in [7, 11) is 0. The summed E-state index contributed by atoms with van der Waals surface area (Å²) in [6, 6.07) is 71.6. The van der Waals surface area contributed by atoms with Gasteiger partial charge >= 0.3 is 25.7 Å². The molecule has 0 saturated carbocycles. The normalized spacial score (nSPS) is 11.3. The number of thiophene rings is 1. The Labute approximate surface area is 336 Å². The van der Waals surface area contributed by atoms with Crippen LogP contribution < -0.4 is 0 Å². The molecule has 0 radical (unpaired) electrons. The fourth-order valence-corrected chi connectivity index (χ4v) is 9.98. The van der Waals surface area contributed by atoms with Crippen LogP contribution in [-0.2, 0) is 25.7 Å². The molecule has 0 spiro atoms. The van der Waals surface area contributed by atoms with Crippen LogP contribution in [0.1, 0.15) is 0 Å². The Morgan fingerprint density at radius 1 is 0.268 bits per heavy atom. The van der Waals surface area contributed by atoms with Crippen molar-refractivity contribution in [1.29, 1.82) is 0 Å². The largest absolute Gasteiger partial charge is 0.135 e. The third-order valence-corrected chi connectivity index (χ3v) is 12.2. The van der Waals surface area contributed by atoms with Crippen LogP contribution in [0.25, 0.3) is 108 Å². The van der Waals surface area contributed by atoms with Crippen LogP contribution in [0.5, 0.6) is 0 Å². The van der Waals surface area contributed by atoms with E-state index in [9.17, 15) is 0 Å². The fraction of sp³-hybridized carbons (Fsp3) is 0. The van der Waals surface area contributed by atoms with Gasteiger partial charge in [0.1, 0.15) is 0 Å². The molecule has 4 heteroatoms. The molecule has 1 heterocycles. The molecular formula is C52H32O2STi. The summed E-state index contributed by atoms with van der Waals surface area (Å²) in [5.74, 6) is 0. The first-order chi connectivity index (χ1) is 27.7. The molecule has 0 unspecified atom stereocenters. The third-order valence-electron chi connectivity index (χ3n) is 11.0. The Kier molecular flexibility index (Phi) is 8.84. The van der Waals surface area contributed by atoms with E-state index in [1.807, 2.05) is 11.3 Å². The number of hydrogen-bond donors (Lipinski definition) is 0. The van der Waals surface area contributed by atoms with Gasteiger partial charge in [-0.1, -0.05) is 182 Å². The first kappa shape index (κ1) is 34.3. The van der Waals surface area contributed by atoms with Gasteiger partial charge in [-0.3, -0.25) is 0 Å². The van der Waals surface area contributed by atoms with Crippen LogP contribution in [0.3, 0.4) is 0 Å². The molecule has 2 nitrogen and oxygen atoms in total. The minimum atomic E-state index is -2.00. The van der Waals surface area contributed by atoms with E-state index >= 15 is 0 Å². The van der Waals surface area contributed by atoms with Crippen LogP contribution in [0.4, 0.5) is 0 Å². The summed E-state index contributed by atoms with van der Waals surface area (Å²) in [6.45, 7) is 0. The Morgan fingerprint density at radius 3 is 0.804 bits per heavy atom. The second-order valence-corrected chi connectivity index (χ2v) is 15.4. The van der Waals surface area contributed by atoms with Gasteiger partial charge in [0.05, 0.1) is 0 Å². The average molecular weight is 769 g/mol. The zero-order chi connectivity index (χ0) is 37.6. The maximum atomic E-state index is 8.50. The summed E-state index contributed by atoms with van der Waals surface area (Å²) in [4.78, 5) is 0. The van der Waals surface area contributed by atoms with Crippen molar-refractivity contribution in [2.24, 2.45) is 0 Å². The van der Waals surface area contributed by atoms with Gasteiger partial charge in [-0.05, 0) is 99.7 Å². The second-order valence-electron chi connectivity index (χ2n) is 14.0. The standard InChI is InChI=1S/C52H32S.2O.Ti/c1-3-15-33(16-4-1)49-39-19-7-11-23-43(39)51(44-24-12-8-20-40(44)49)35-27-29-37-38-30-28-36(32-48(38)53-47(37)31-35)52-45-25-13-9-21-41(45)50(34-17-5-2-6-18-34)42-22-10-14-26-46(42)52;;;/h1-32H;;;. The van der Waals surface area contributed by atoms with E-state index in [1.54, 1.807) is 0 Å². The zero-order valence-electron chi connectivity index (χ0n) is 30.2. The van der Waals surface area contributed by atoms with Crippen LogP contribution in [0, 0.1) is 0 Å². The van der Waals surface area contributed by atoms with Gasteiger partial charge in [0.15, 0.2) is 0 Å². The summed E-state index contributed by atoms with van der Waals surface area (Å²) >= 11 is -0.0990. The fourth-order valence-electron chi connectivity index (χ4n) is 8.80. The van der Waals surface area contributed by atoms with Gasteiger partial charge in [0.25, 0.3) is 0 Å². The van der Waals surface area contributed by atoms with E-state index in [1.165, 1.54) is 108 Å². The summed E-state index contributed by atoms with van der Waals surface area (Å²) in [5, 5.41) is 12.9. The van der Waals surface area contributed by atoms with E-state index < -0.39 is 19.1 Å². The zero-order valence-corrected chi connectivity index (χ0v) is 32.6. The molecule has 1 aromatic heterocycles. The van der Waals surface area contributed by atoms with Gasteiger partial charge in [0.2, 0.25) is 0 Å². The monoisotopic (exact) mass is 768 g/mol. The molecule has 0 aliphatic heterocycles. The van der Waals surface area contributed by atoms with Crippen LogP contribution in [0.15, 0.2) is 194 Å². The number of hydrogen-bond acceptors (Lipinski definition) is 3. The van der Waals surface area contributed by atoms with Crippen molar-refractivity contribution in [3.05, 3.63) is 194 Å². The van der Waals surface area contributed by atoms with E-state index in [4.69, 9.17) is 6.65 Å². The summed E-state index contributed by atoms with van der Waals surface area (Å²) in [5.41, 5.74) is 10.2. The first-order valence-electron chi connectivity index (χ1n) is 18.7. The first-order valence-corrected chi connectivity index (χ1v) is 20.8. The molecule has 10 aromatic carbocycles. The van der Waals surface area contributed by atoms with Crippen molar-refractivity contribution < 1.29 is 25.7 Å². The van der Waals surface area contributed by atoms with Crippen molar-refractivity contribution >= 4 is 74.6 Å². The molecule has 56 heavy (non-hydrogen) atoms. The number of rotatable bonds is 4. The molecule has 11 rings (SSSR count). The van der Waals surface area contributed by atoms with Crippen molar-refractivity contribution in [1.82, 2.24) is 0 Å². The number of fused-ring (bicyclic) bond motifs is 7. The molecule has 0 fully saturated rings. The van der Waals surface area contributed by atoms with Crippen molar-refractivity contribution in [2.75, 3.05) is 0 Å². The molecule has 0 N–H and O–H groups in total. The summed E-state index contributed by atoms with van der Waals surface area (Å²) < 4.78 is 19.6. The second kappa shape index (κ2) is 14.4. The van der Waals surface area contributed by atoms with E-state index in [2.05, 4.69) is 194 Å². The Hall–Kier alpha value is -6.23. The SMILES string of the molecule is [O]=[Ti]=[O].c1ccc(-c2c3ccccc3c(-c3ccc4c(c3)sc3cc(-c5c6ccccc6c(-c6ccccc6)c6ccccc56)ccc34)c3ccccc23)cc1. The number of benzene rings is 10. The maximum absolute atomic E-state index is 8.50. The predicted molar refractivity (Wildman–Crippen MR) is 232 cm³/mol. The van der Waals surface area contributed by atoms with E-state index in [-0.39, 0.29) is 0 Å². The topological polar surface area (TPSA) is 34.1 Å². The minimum absolute atomic E-state index is 1.25. The predicted octanol–water partition coefficient (Wildman–Crippen LogP) is 15.1. The molecule has 0 atom stereocenters. The van der Waals surface area contributed by atoms with Crippen molar-refractivity contribution in [3.8, 4) is 44.5 Å². The molecule has 0 bridgehead atoms. The Morgan fingerprint density at radius 2 is 0.518 bits per heavy atom. The molecule has 0 amide bonds. The maximum Gasteiger partial charge on any atom is 0.0361 e. The van der Waals surface area contributed by atoms with Crippen molar-refractivity contribution in [3.63, 3.8) is 0 Å². The Balaban J connectivity index is 0.00000124.